The zero-order chi connectivity index (χ0) is 15.0. The van der Waals surface area contributed by atoms with Gasteiger partial charge in [0.15, 0.2) is 0 Å². The van der Waals surface area contributed by atoms with E-state index in [2.05, 4.69) is 5.32 Å². The molecule has 0 radical (unpaired) electrons. The lowest BCUT2D eigenvalue weighted by Gasteiger charge is -2.19. The number of aromatic hydroxyl groups is 1. The third-order valence-corrected chi connectivity index (χ3v) is 3.72. The predicted octanol–water partition coefficient (Wildman–Crippen LogP) is 1.79. The zero-order valence-electron chi connectivity index (χ0n) is 11.7. The molecule has 0 aromatic heterocycles. The van der Waals surface area contributed by atoms with Crippen LogP contribution in [0.25, 0.3) is 10.8 Å². The first kappa shape index (κ1) is 13.4. The van der Waals surface area contributed by atoms with Crippen molar-refractivity contribution in [3.8, 4) is 5.75 Å². The van der Waals surface area contributed by atoms with Crippen molar-refractivity contribution < 1.29 is 14.7 Å². The van der Waals surface area contributed by atoms with E-state index in [0.717, 1.165) is 16.5 Å². The summed E-state index contributed by atoms with van der Waals surface area (Å²) in [6, 6.07) is 10.3. The molecule has 2 aromatic rings. The number of phenolic OH excluding ortho intramolecular Hbond substituents is 1. The van der Waals surface area contributed by atoms with Gasteiger partial charge in [-0.15, -0.1) is 0 Å². The van der Waals surface area contributed by atoms with E-state index in [-0.39, 0.29) is 17.6 Å². The van der Waals surface area contributed by atoms with Crippen molar-refractivity contribution in [2.75, 3.05) is 11.4 Å². The molecule has 3 rings (SSSR count). The summed E-state index contributed by atoms with van der Waals surface area (Å²) in [6.07, 6.45) is 0.591. The molecule has 1 fully saturated rings. The number of anilines is 1. The molecule has 2 aromatic carbocycles. The predicted molar refractivity (Wildman–Crippen MR) is 80.2 cm³/mol. The number of hydrogen-bond donors (Lipinski definition) is 2. The SMILES string of the molecule is CC(=O)NC1CCN(c2cccc3ccc(O)cc23)C1=O. The van der Waals surface area contributed by atoms with Crippen LogP contribution in [0.3, 0.4) is 0 Å². The van der Waals surface area contributed by atoms with Gasteiger partial charge in [-0.1, -0.05) is 18.2 Å². The van der Waals surface area contributed by atoms with Crippen LogP contribution in [0.1, 0.15) is 13.3 Å². The summed E-state index contributed by atoms with van der Waals surface area (Å²) in [5.74, 6) is -0.146. The molecule has 1 unspecified atom stereocenters. The van der Waals surface area contributed by atoms with E-state index >= 15 is 0 Å². The zero-order valence-corrected chi connectivity index (χ0v) is 11.7. The highest BCUT2D eigenvalue weighted by atomic mass is 16.3. The van der Waals surface area contributed by atoms with E-state index in [1.807, 2.05) is 24.3 Å². The molecule has 108 valence electrons. The lowest BCUT2D eigenvalue weighted by Crippen LogP contribution is -2.40. The van der Waals surface area contributed by atoms with Crippen molar-refractivity contribution in [1.29, 1.82) is 0 Å². The minimum absolute atomic E-state index is 0.110. The van der Waals surface area contributed by atoms with Crippen LogP contribution in [-0.4, -0.2) is 29.5 Å². The molecule has 2 amide bonds. The van der Waals surface area contributed by atoms with E-state index in [4.69, 9.17) is 0 Å². The highest BCUT2D eigenvalue weighted by Crippen LogP contribution is 2.32. The fraction of sp³-hybridized carbons (Fsp3) is 0.250. The molecule has 21 heavy (non-hydrogen) atoms. The van der Waals surface area contributed by atoms with Gasteiger partial charge < -0.3 is 15.3 Å². The fourth-order valence-electron chi connectivity index (χ4n) is 2.78. The number of benzene rings is 2. The maximum absolute atomic E-state index is 12.4. The smallest absolute Gasteiger partial charge is 0.249 e. The van der Waals surface area contributed by atoms with E-state index in [1.54, 1.807) is 17.0 Å². The first-order valence-electron chi connectivity index (χ1n) is 6.86. The number of rotatable bonds is 2. The third kappa shape index (κ3) is 2.42. The Morgan fingerprint density at radius 1 is 1.33 bits per heavy atom. The van der Waals surface area contributed by atoms with Crippen LogP contribution in [0.4, 0.5) is 5.69 Å². The van der Waals surface area contributed by atoms with E-state index in [0.29, 0.717) is 13.0 Å². The molecule has 5 nitrogen and oxygen atoms in total. The minimum atomic E-state index is -0.463. The topological polar surface area (TPSA) is 69.6 Å². The maximum atomic E-state index is 12.4. The van der Waals surface area contributed by atoms with Crippen molar-refractivity contribution in [3.63, 3.8) is 0 Å². The molecule has 0 spiro atoms. The lowest BCUT2D eigenvalue weighted by atomic mass is 10.1. The number of amides is 2. The van der Waals surface area contributed by atoms with Crippen molar-refractivity contribution in [2.24, 2.45) is 0 Å². The number of carbonyl (C=O) groups excluding carboxylic acids is 2. The second-order valence-electron chi connectivity index (χ2n) is 5.21. The number of nitrogens with one attached hydrogen (secondary N) is 1. The molecule has 1 saturated heterocycles. The summed E-state index contributed by atoms with van der Waals surface area (Å²) in [5, 5.41) is 14.1. The number of nitrogens with zero attached hydrogens (tertiary/aromatic N) is 1. The minimum Gasteiger partial charge on any atom is -0.508 e. The number of fused-ring (bicyclic) bond motifs is 1. The monoisotopic (exact) mass is 284 g/mol. The van der Waals surface area contributed by atoms with Gasteiger partial charge in [0.1, 0.15) is 11.8 Å². The molecule has 1 atom stereocenters. The highest BCUT2D eigenvalue weighted by molar-refractivity contribution is 6.07. The Labute approximate surface area is 122 Å². The molecule has 2 N–H and O–H groups in total. The normalized spacial score (nSPS) is 18.2. The maximum Gasteiger partial charge on any atom is 0.249 e. The number of phenols is 1. The first-order chi connectivity index (χ1) is 10.1. The van der Waals surface area contributed by atoms with Crippen LogP contribution in [-0.2, 0) is 9.59 Å². The van der Waals surface area contributed by atoms with Crippen LogP contribution < -0.4 is 10.2 Å². The van der Waals surface area contributed by atoms with Gasteiger partial charge in [-0.25, -0.2) is 0 Å². The van der Waals surface area contributed by atoms with E-state index in [1.165, 1.54) is 6.92 Å². The molecule has 1 aliphatic rings. The van der Waals surface area contributed by atoms with Gasteiger partial charge in [0.05, 0.1) is 5.69 Å². The van der Waals surface area contributed by atoms with E-state index < -0.39 is 6.04 Å². The van der Waals surface area contributed by atoms with Gasteiger partial charge >= 0.3 is 0 Å². The van der Waals surface area contributed by atoms with Crippen LogP contribution in [0.15, 0.2) is 36.4 Å². The number of hydrogen-bond acceptors (Lipinski definition) is 3. The molecule has 5 heteroatoms. The van der Waals surface area contributed by atoms with Gasteiger partial charge in [-0.3, -0.25) is 9.59 Å². The van der Waals surface area contributed by atoms with E-state index in [9.17, 15) is 14.7 Å². The summed E-state index contributed by atoms with van der Waals surface area (Å²) >= 11 is 0. The lowest BCUT2D eigenvalue weighted by molar-refractivity contribution is -0.125. The molecule has 1 heterocycles. The highest BCUT2D eigenvalue weighted by Gasteiger charge is 2.33. The Kier molecular flexibility index (Phi) is 3.25. The Hall–Kier alpha value is -2.56. The third-order valence-electron chi connectivity index (χ3n) is 3.72. The van der Waals surface area contributed by atoms with Gasteiger partial charge in [0.2, 0.25) is 11.8 Å². The van der Waals surface area contributed by atoms with Crippen LogP contribution in [0, 0.1) is 0 Å². The fourth-order valence-corrected chi connectivity index (χ4v) is 2.78. The first-order valence-corrected chi connectivity index (χ1v) is 6.86. The largest absolute Gasteiger partial charge is 0.508 e. The van der Waals surface area contributed by atoms with Crippen molar-refractivity contribution in [3.05, 3.63) is 36.4 Å². The van der Waals surface area contributed by atoms with Crippen LogP contribution in [0.5, 0.6) is 5.75 Å². The summed E-state index contributed by atoms with van der Waals surface area (Å²) in [7, 11) is 0. The van der Waals surface area contributed by atoms with Gasteiger partial charge in [0, 0.05) is 18.9 Å². The van der Waals surface area contributed by atoms with Gasteiger partial charge in [-0.2, -0.15) is 0 Å². The van der Waals surface area contributed by atoms with Crippen LogP contribution >= 0.6 is 0 Å². The summed E-state index contributed by atoms with van der Waals surface area (Å²) in [6.45, 7) is 1.96. The molecule has 0 saturated carbocycles. The average molecular weight is 284 g/mol. The van der Waals surface area contributed by atoms with Crippen LogP contribution in [0.2, 0.25) is 0 Å². The Morgan fingerprint density at radius 2 is 2.14 bits per heavy atom. The van der Waals surface area contributed by atoms with Gasteiger partial charge in [-0.05, 0) is 30.0 Å². The average Bonchev–Trinajstić information content (AvgIpc) is 2.79. The molecule has 1 aliphatic heterocycles. The standard InChI is InChI=1S/C16H16N2O3/c1-10(19)17-14-7-8-18(16(14)21)15-4-2-3-11-5-6-12(20)9-13(11)15/h2-6,9,14,20H,7-8H2,1H3,(H,17,19). The van der Waals surface area contributed by atoms with Gasteiger partial charge in [0.25, 0.3) is 0 Å². The molecular weight excluding hydrogens is 268 g/mol. The molecular formula is C16H16N2O3. The second kappa shape index (κ2) is 5.09. The summed E-state index contributed by atoms with van der Waals surface area (Å²) in [4.78, 5) is 25.2. The second-order valence-corrected chi connectivity index (χ2v) is 5.21. The molecule has 0 aliphatic carbocycles. The Bertz CT molecular complexity index is 727. The van der Waals surface area contributed by atoms with Crippen molar-refractivity contribution in [2.45, 2.75) is 19.4 Å². The van der Waals surface area contributed by atoms with Crippen molar-refractivity contribution in [1.82, 2.24) is 5.32 Å². The number of carbonyl (C=O) groups is 2. The Morgan fingerprint density at radius 3 is 2.90 bits per heavy atom. The summed E-state index contributed by atoms with van der Waals surface area (Å²) < 4.78 is 0. The summed E-state index contributed by atoms with van der Waals surface area (Å²) in [5.41, 5.74) is 0.765. The van der Waals surface area contributed by atoms with Crippen molar-refractivity contribution >= 4 is 28.3 Å². The quantitative estimate of drug-likeness (QED) is 0.883. The molecule has 0 bridgehead atoms. The Balaban J connectivity index is 2.00.